The van der Waals surface area contributed by atoms with Crippen molar-refractivity contribution in [1.82, 2.24) is 4.98 Å². The van der Waals surface area contributed by atoms with Gasteiger partial charge in [-0.1, -0.05) is 11.3 Å². The van der Waals surface area contributed by atoms with E-state index in [1.807, 2.05) is 0 Å². The van der Waals surface area contributed by atoms with Crippen molar-refractivity contribution in [2.45, 2.75) is 19.9 Å². The molecule has 0 radical (unpaired) electrons. The number of aromatic nitrogens is 1. The summed E-state index contributed by atoms with van der Waals surface area (Å²) in [6.45, 7) is 3.36. The number of esters is 1. The number of amides is 1. The number of aryl methyl sites for hydroxylation is 2. The van der Waals surface area contributed by atoms with E-state index in [4.69, 9.17) is 18.9 Å². The van der Waals surface area contributed by atoms with E-state index in [2.05, 4.69) is 4.98 Å². The van der Waals surface area contributed by atoms with Gasteiger partial charge in [0, 0.05) is 17.2 Å². The molecular weight excluding hydrogens is 512 g/mol. The summed E-state index contributed by atoms with van der Waals surface area (Å²) in [5.74, 6) is -1.42. The molecule has 1 amide bonds. The molecule has 1 atom stereocenters. The van der Waals surface area contributed by atoms with Crippen LogP contribution in [0.5, 0.6) is 17.2 Å². The number of thiazole rings is 1. The Morgan fingerprint density at radius 3 is 2.24 bits per heavy atom. The van der Waals surface area contributed by atoms with E-state index >= 15 is 0 Å². The van der Waals surface area contributed by atoms with Gasteiger partial charge < -0.3 is 24.1 Å². The Balaban J connectivity index is 2.00. The molecule has 1 saturated heterocycles. The Kier molecular flexibility index (Phi) is 7.40. The van der Waals surface area contributed by atoms with Crippen molar-refractivity contribution >= 4 is 39.9 Å². The van der Waals surface area contributed by atoms with Gasteiger partial charge in [-0.2, -0.15) is 0 Å². The summed E-state index contributed by atoms with van der Waals surface area (Å²) in [6, 6.07) is 8.77. The summed E-state index contributed by atoms with van der Waals surface area (Å²) in [5.41, 5.74) is 1.58. The number of carbonyl (C=O) groups is 3. The number of hydrogen-bond acceptors (Lipinski definition) is 10. The van der Waals surface area contributed by atoms with Gasteiger partial charge in [0.05, 0.1) is 39.7 Å². The van der Waals surface area contributed by atoms with Crippen molar-refractivity contribution in [2.24, 2.45) is 0 Å². The number of carbonyl (C=O) groups excluding carboxylic acids is 3. The zero-order valence-electron chi connectivity index (χ0n) is 21.6. The van der Waals surface area contributed by atoms with Crippen molar-refractivity contribution in [3.63, 3.8) is 0 Å². The van der Waals surface area contributed by atoms with Crippen molar-refractivity contribution in [1.29, 1.82) is 0 Å². The van der Waals surface area contributed by atoms with E-state index in [-0.39, 0.29) is 21.3 Å². The molecule has 2 aromatic carbocycles. The number of anilines is 1. The molecule has 1 fully saturated rings. The average Bonchev–Trinajstić information content (AvgIpc) is 3.43. The number of benzene rings is 2. The van der Waals surface area contributed by atoms with E-state index in [1.165, 1.54) is 33.3 Å². The van der Waals surface area contributed by atoms with E-state index in [0.29, 0.717) is 39.6 Å². The first-order chi connectivity index (χ1) is 18.2. The predicted octanol–water partition coefficient (Wildman–Crippen LogP) is 4.20. The minimum Gasteiger partial charge on any atom is -0.507 e. The Bertz CT molecular complexity index is 1480. The smallest absolute Gasteiger partial charge is 0.350 e. The number of nitrogens with zero attached hydrogens (tertiary/aromatic N) is 2. The van der Waals surface area contributed by atoms with Gasteiger partial charge in [0.25, 0.3) is 5.78 Å². The summed E-state index contributed by atoms with van der Waals surface area (Å²) in [4.78, 5) is 45.0. The fraction of sp³-hybridized carbons (Fsp3) is 0.259. The normalized spacial score (nSPS) is 16.5. The van der Waals surface area contributed by atoms with Crippen LogP contribution in [0.25, 0.3) is 5.76 Å². The van der Waals surface area contributed by atoms with Crippen LogP contribution in [0.1, 0.15) is 38.1 Å². The molecule has 0 saturated carbocycles. The number of ketones is 1. The van der Waals surface area contributed by atoms with E-state index in [9.17, 15) is 19.5 Å². The molecule has 0 bridgehead atoms. The second-order valence-corrected chi connectivity index (χ2v) is 9.34. The molecule has 1 aromatic heterocycles. The molecule has 198 valence electrons. The van der Waals surface area contributed by atoms with Crippen LogP contribution in [0.4, 0.5) is 5.13 Å². The highest BCUT2D eigenvalue weighted by Gasteiger charge is 2.49. The monoisotopic (exact) mass is 538 g/mol. The van der Waals surface area contributed by atoms with Gasteiger partial charge in [-0.15, -0.1) is 0 Å². The molecule has 1 aliphatic rings. The zero-order valence-corrected chi connectivity index (χ0v) is 22.5. The quantitative estimate of drug-likeness (QED) is 0.204. The van der Waals surface area contributed by atoms with Crippen LogP contribution in [0, 0.1) is 13.8 Å². The highest BCUT2D eigenvalue weighted by molar-refractivity contribution is 7.17. The van der Waals surface area contributed by atoms with Crippen molar-refractivity contribution < 1.29 is 38.4 Å². The van der Waals surface area contributed by atoms with E-state index in [1.54, 1.807) is 50.2 Å². The average molecular weight is 539 g/mol. The maximum absolute atomic E-state index is 13.5. The summed E-state index contributed by atoms with van der Waals surface area (Å²) in [6.07, 6.45) is 0. The zero-order chi connectivity index (χ0) is 27.7. The van der Waals surface area contributed by atoms with Gasteiger partial charge in [0.2, 0.25) is 0 Å². The molecule has 1 N–H and O–H groups in total. The van der Waals surface area contributed by atoms with Crippen LogP contribution in [0.3, 0.4) is 0 Å². The molecule has 0 spiro atoms. The number of methoxy groups -OCH3 is 4. The van der Waals surface area contributed by atoms with Crippen LogP contribution in [0.15, 0.2) is 42.0 Å². The molecule has 0 unspecified atom stereocenters. The van der Waals surface area contributed by atoms with Gasteiger partial charge >= 0.3 is 11.9 Å². The fourth-order valence-electron chi connectivity index (χ4n) is 4.31. The van der Waals surface area contributed by atoms with Crippen LogP contribution in [0.2, 0.25) is 0 Å². The Hall–Kier alpha value is -4.38. The van der Waals surface area contributed by atoms with Crippen LogP contribution in [-0.2, 0) is 14.3 Å². The Labute approximate surface area is 223 Å². The standard InChI is InChI=1S/C27H26N2O8S/c1-13-11-15(34-3)7-9-17(13)22(30)20-21(18-10-8-16(35-4)12-19(18)36-5)29(25(32)23(20)31)27-28-14(2)24(38-27)26(33)37-6/h7-12,21,30H,1-6H3/t21-/m0/s1. The lowest BCUT2D eigenvalue weighted by Crippen LogP contribution is -2.29. The Morgan fingerprint density at radius 2 is 1.63 bits per heavy atom. The first kappa shape index (κ1) is 26.7. The number of ether oxygens (including phenoxy) is 4. The van der Waals surface area contributed by atoms with Gasteiger partial charge in [0.15, 0.2) is 5.13 Å². The molecule has 10 nitrogen and oxygen atoms in total. The van der Waals surface area contributed by atoms with Gasteiger partial charge in [0.1, 0.15) is 33.9 Å². The van der Waals surface area contributed by atoms with Crippen molar-refractivity contribution in [3.8, 4) is 17.2 Å². The lowest BCUT2D eigenvalue weighted by atomic mass is 9.93. The largest absolute Gasteiger partial charge is 0.507 e. The van der Waals surface area contributed by atoms with Crippen LogP contribution < -0.4 is 19.1 Å². The topological polar surface area (TPSA) is 124 Å². The summed E-state index contributed by atoms with van der Waals surface area (Å²) in [7, 11) is 5.71. The minimum atomic E-state index is -1.12. The number of aliphatic hydroxyl groups excluding tert-OH is 1. The molecule has 0 aliphatic carbocycles. The fourth-order valence-corrected chi connectivity index (χ4v) is 5.32. The summed E-state index contributed by atoms with van der Waals surface area (Å²) >= 11 is 0.913. The highest BCUT2D eigenvalue weighted by atomic mass is 32.1. The number of hydrogen-bond donors (Lipinski definition) is 1. The molecule has 4 rings (SSSR count). The molecule has 11 heteroatoms. The highest BCUT2D eigenvalue weighted by Crippen LogP contribution is 2.47. The second-order valence-electron chi connectivity index (χ2n) is 8.36. The predicted molar refractivity (Wildman–Crippen MR) is 140 cm³/mol. The third-order valence-electron chi connectivity index (χ3n) is 6.23. The van der Waals surface area contributed by atoms with E-state index < -0.39 is 23.7 Å². The Morgan fingerprint density at radius 1 is 0.974 bits per heavy atom. The number of rotatable bonds is 7. The van der Waals surface area contributed by atoms with Crippen molar-refractivity contribution in [2.75, 3.05) is 33.3 Å². The maximum Gasteiger partial charge on any atom is 0.350 e. The van der Waals surface area contributed by atoms with Gasteiger partial charge in [-0.05, 0) is 49.7 Å². The SMILES string of the molecule is COC(=O)c1sc(N2C(=O)C(=O)C(=C(O)c3ccc(OC)cc3C)[C@@H]2c2ccc(OC)cc2OC)nc1C. The molecule has 3 aromatic rings. The molecule has 38 heavy (non-hydrogen) atoms. The minimum absolute atomic E-state index is 0.0957. The molecule has 1 aliphatic heterocycles. The summed E-state index contributed by atoms with van der Waals surface area (Å²) < 4.78 is 21.0. The van der Waals surface area contributed by atoms with Crippen LogP contribution in [-0.4, -0.2) is 56.2 Å². The molecular formula is C27H26N2O8S. The van der Waals surface area contributed by atoms with Gasteiger partial charge in [-0.25, -0.2) is 9.78 Å². The first-order valence-electron chi connectivity index (χ1n) is 11.4. The maximum atomic E-state index is 13.5. The lowest BCUT2D eigenvalue weighted by Gasteiger charge is -2.25. The van der Waals surface area contributed by atoms with Crippen LogP contribution >= 0.6 is 11.3 Å². The lowest BCUT2D eigenvalue weighted by molar-refractivity contribution is -0.132. The molecule has 2 heterocycles. The third kappa shape index (κ3) is 4.45. The third-order valence-corrected chi connectivity index (χ3v) is 7.37. The first-order valence-corrected chi connectivity index (χ1v) is 12.2. The van der Waals surface area contributed by atoms with E-state index in [0.717, 1.165) is 11.3 Å². The number of aliphatic hydroxyl groups is 1. The van der Waals surface area contributed by atoms with Gasteiger partial charge in [-0.3, -0.25) is 14.5 Å². The second kappa shape index (κ2) is 10.5. The van der Waals surface area contributed by atoms with Crippen molar-refractivity contribution in [3.05, 3.63) is 69.2 Å². The summed E-state index contributed by atoms with van der Waals surface area (Å²) in [5, 5.41) is 11.6. The number of Topliss-reactive ketones (excluding diaryl/α,β-unsaturated/α-hetero) is 1.